The molecule has 0 aromatic heterocycles. The number of nitrogens with zero attached hydrogens (tertiary/aromatic N) is 1. The lowest BCUT2D eigenvalue weighted by Gasteiger charge is -2.32. The predicted octanol–water partition coefficient (Wildman–Crippen LogP) is 2.18. The number of aliphatic hydroxyl groups is 1. The van der Waals surface area contributed by atoms with Gasteiger partial charge in [-0.1, -0.05) is 23.4 Å². The van der Waals surface area contributed by atoms with Gasteiger partial charge in [-0.15, -0.1) is 0 Å². The summed E-state index contributed by atoms with van der Waals surface area (Å²) >= 11 is 5.78. The number of piperidine rings is 1. The van der Waals surface area contributed by atoms with Crippen molar-refractivity contribution in [2.75, 3.05) is 26.7 Å². The van der Waals surface area contributed by atoms with Crippen molar-refractivity contribution in [2.45, 2.75) is 18.4 Å². The largest absolute Gasteiger partial charge is 0.481 e. The van der Waals surface area contributed by atoms with Gasteiger partial charge in [0.25, 0.3) is 0 Å². The van der Waals surface area contributed by atoms with E-state index in [9.17, 15) is 5.11 Å². The van der Waals surface area contributed by atoms with Crippen LogP contribution in [0, 0.1) is 11.8 Å². The van der Waals surface area contributed by atoms with E-state index in [0.717, 1.165) is 18.8 Å². The molecule has 1 fully saturated rings. The van der Waals surface area contributed by atoms with Crippen LogP contribution in [0.1, 0.15) is 12.8 Å². The van der Waals surface area contributed by atoms with Crippen LogP contribution >= 0.6 is 11.6 Å². The standard InChI is InChI=1S/C15H18ClNO2/c1-17-10-8-15(18,9-11-17)7-2-12-19-14-5-3-13(16)4-6-14/h3-6,18H,8-12H2,1H3. The van der Waals surface area contributed by atoms with Crippen LogP contribution in [0.15, 0.2) is 24.3 Å². The third-order valence-corrected chi connectivity index (χ3v) is 3.51. The minimum Gasteiger partial charge on any atom is -0.481 e. The van der Waals surface area contributed by atoms with E-state index in [1.807, 2.05) is 0 Å². The monoisotopic (exact) mass is 279 g/mol. The van der Waals surface area contributed by atoms with Crippen molar-refractivity contribution in [1.82, 2.24) is 4.90 Å². The van der Waals surface area contributed by atoms with E-state index in [-0.39, 0.29) is 6.61 Å². The number of halogens is 1. The zero-order valence-corrected chi connectivity index (χ0v) is 11.8. The Balaban J connectivity index is 1.82. The summed E-state index contributed by atoms with van der Waals surface area (Å²) in [5.74, 6) is 6.56. The van der Waals surface area contributed by atoms with Crippen LogP contribution in [0.5, 0.6) is 5.75 Å². The quantitative estimate of drug-likeness (QED) is 0.843. The van der Waals surface area contributed by atoms with Crippen LogP contribution in [-0.2, 0) is 0 Å². The maximum Gasteiger partial charge on any atom is 0.149 e. The minimum absolute atomic E-state index is 0.278. The zero-order chi connectivity index (χ0) is 13.7. The predicted molar refractivity (Wildman–Crippen MR) is 76.4 cm³/mol. The highest BCUT2D eigenvalue weighted by atomic mass is 35.5. The molecule has 1 aromatic rings. The number of hydrogen-bond acceptors (Lipinski definition) is 3. The molecule has 1 saturated heterocycles. The molecular formula is C15H18ClNO2. The first-order chi connectivity index (χ1) is 9.07. The summed E-state index contributed by atoms with van der Waals surface area (Å²) < 4.78 is 5.46. The Morgan fingerprint density at radius 3 is 2.58 bits per heavy atom. The SMILES string of the molecule is CN1CCC(O)(C#CCOc2ccc(Cl)cc2)CC1. The number of ether oxygens (including phenoxy) is 1. The number of rotatable bonds is 2. The van der Waals surface area contributed by atoms with Gasteiger partial charge in [0.05, 0.1) is 0 Å². The van der Waals surface area contributed by atoms with Gasteiger partial charge in [-0.25, -0.2) is 0 Å². The first-order valence-electron chi connectivity index (χ1n) is 6.37. The van der Waals surface area contributed by atoms with Crippen LogP contribution in [0.3, 0.4) is 0 Å². The van der Waals surface area contributed by atoms with E-state index in [0.29, 0.717) is 17.9 Å². The third kappa shape index (κ3) is 4.43. The smallest absolute Gasteiger partial charge is 0.149 e. The van der Waals surface area contributed by atoms with Crippen molar-refractivity contribution in [1.29, 1.82) is 0 Å². The lowest BCUT2D eigenvalue weighted by atomic mass is 9.92. The molecule has 3 nitrogen and oxygen atoms in total. The Morgan fingerprint density at radius 2 is 1.95 bits per heavy atom. The summed E-state index contributed by atoms with van der Waals surface area (Å²) in [6.45, 7) is 2.03. The van der Waals surface area contributed by atoms with Crippen molar-refractivity contribution in [3.05, 3.63) is 29.3 Å². The Labute approximate surface area is 119 Å². The number of hydrogen-bond donors (Lipinski definition) is 1. The highest BCUT2D eigenvalue weighted by Crippen LogP contribution is 2.20. The Bertz CT molecular complexity index is 467. The van der Waals surface area contributed by atoms with Crippen molar-refractivity contribution in [2.24, 2.45) is 0 Å². The summed E-state index contributed by atoms with van der Waals surface area (Å²) in [6, 6.07) is 7.15. The molecule has 19 heavy (non-hydrogen) atoms. The maximum absolute atomic E-state index is 10.2. The van der Waals surface area contributed by atoms with E-state index >= 15 is 0 Å². The second-order valence-corrected chi connectivity index (χ2v) is 5.32. The second kappa shape index (κ2) is 6.29. The molecule has 0 bridgehead atoms. The average molecular weight is 280 g/mol. The average Bonchev–Trinajstić information content (AvgIpc) is 2.41. The molecule has 0 spiro atoms. The molecule has 1 aliphatic heterocycles. The molecule has 0 saturated carbocycles. The van der Waals surface area contributed by atoms with Gasteiger partial charge in [0, 0.05) is 31.0 Å². The highest BCUT2D eigenvalue weighted by molar-refractivity contribution is 6.30. The van der Waals surface area contributed by atoms with Gasteiger partial charge in [0.15, 0.2) is 0 Å². The fourth-order valence-corrected chi connectivity index (χ4v) is 2.09. The van der Waals surface area contributed by atoms with Gasteiger partial charge in [-0.2, -0.15) is 0 Å². The van der Waals surface area contributed by atoms with Crippen LogP contribution in [-0.4, -0.2) is 42.4 Å². The van der Waals surface area contributed by atoms with Gasteiger partial charge in [-0.05, 0) is 31.3 Å². The molecule has 0 aliphatic carbocycles. The number of likely N-dealkylation sites (tertiary alicyclic amines) is 1. The molecule has 1 aromatic carbocycles. The molecule has 4 heteroatoms. The molecule has 0 amide bonds. The van der Waals surface area contributed by atoms with E-state index in [1.54, 1.807) is 24.3 Å². The molecule has 0 radical (unpaired) electrons. The van der Waals surface area contributed by atoms with Crippen molar-refractivity contribution < 1.29 is 9.84 Å². The third-order valence-electron chi connectivity index (χ3n) is 3.26. The molecule has 0 atom stereocenters. The molecule has 0 unspecified atom stereocenters. The topological polar surface area (TPSA) is 32.7 Å². The van der Waals surface area contributed by atoms with E-state index in [4.69, 9.17) is 16.3 Å². The van der Waals surface area contributed by atoms with Gasteiger partial charge >= 0.3 is 0 Å². The van der Waals surface area contributed by atoms with Crippen molar-refractivity contribution in [3.63, 3.8) is 0 Å². The van der Waals surface area contributed by atoms with Gasteiger partial charge in [0.2, 0.25) is 0 Å². The summed E-state index contributed by atoms with van der Waals surface area (Å²) in [7, 11) is 2.05. The van der Waals surface area contributed by atoms with E-state index in [1.165, 1.54) is 0 Å². The summed E-state index contributed by atoms with van der Waals surface area (Å²) in [5.41, 5.74) is -0.851. The van der Waals surface area contributed by atoms with Crippen LogP contribution < -0.4 is 4.74 Å². The van der Waals surface area contributed by atoms with Gasteiger partial charge in [0.1, 0.15) is 18.0 Å². The van der Waals surface area contributed by atoms with E-state index in [2.05, 4.69) is 23.8 Å². The molecular weight excluding hydrogens is 262 g/mol. The second-order valence-electron chi connectivity index (χ2n) is 4.88. The Kier molecular flexibility index (Phi) is 4.71. The van der Waals surface area contributed by atoms with Crippen LogP contribution in [0.25, 0.3) is 0 Å². The lowest BCUT2D eigenvalue weighted by molar-refractivity contribution is 0.0348. The highest BCUT2D eigenvalue weighted by Gasteiger charge is 2.28. The summed E-state index contributed by atoms with van der Waals surface area (Å²) in [6.07, 6.45) is 1.38. The lowest BCUT2D eigenvalue weighted by Crippen LogP contribution is -2.41. The molecule has 1 aliphatic rings. The summed E-state index contributed by atoms with van der Waals surface area (Å²) in [5, 5.41) is 10.9. The molecule has 102 valence electrons. The Hall–Kier alpha value is -1.21. The molecule has 1 N–H and O–H groups in total. The normalized spacial score (nSPS) is 18.5. The maximum atomic E-state index is 10.2. The fourth-order valence-electron chi connectivity index (χ4n) is 1.96. The van der Waals surface area contributed by atoms with Crippen molar-refractivity contribution >= 4 is 11.6 Å². The van der Waals surface area contributed by atoms with E-state index < -0.39 is 5.60 Å². The fraction of sp³-hybridized carbons (Fsp3) is 0.467. The van der Waals surface area contributed by atoms with Gasteiger partial charge < -0.3 is 14.7 Å². The van der Waals surface area contributed by atoms with Crippen molar-refractivity contribution in [3.8, 4) is 17.6 Å². The molecule has 1 heterocycles. The van der Waals surface area contributed by atoms with Crippen LogP contribution in [0.4, 0.5) is 0 Å². The first-order valence-corrected chi connectivity index (χ1v) is 6.75. The molecule has 2 rings (SSSR count). The number of benzene rings is 1. The summed E-state index contributed by atoms with van der Waals surface area (Å²) in [4.78, 5) is 2.19. The minimum atomic E-state index is -0.851. The Morgan fingerprint density at radius 1 is 1.32 bits per heavy atom. The first kappa shape index (κ1) is 14.2. The zero-order valence-electron chi connectivity index (χ0n) is 11.0. The van der Waals surface area contributed by atoms with Gasteiger partial charge in [-0.3, -0.25) is 0 Å². The van der Waals surface area contributed by atoms with Crippen LogP contribution in [0.2, 0.25) is 5.02 Å².